The van der Waals surface area contributed by atoms with E-state index in [4.69, 9.17) is 11.0 Å². The summed E-state index contributed by atoms with van der Waals surface area (Å²) in [7, 11) is 0. The Hall–Kier alpha value is -2.94. The van der Waals surface area contributed by atoms with Crippen LogP contribution in [0.4, 0.5) is 20.2 Å². The summed E-state index contributed by atoms with van der Waals surface area (Å²) in [4.78, 5) is 11.9. The molecule has 0 aromatic heterocycles. The molecule has 3 N–H and O–H groups in total. The van der Waals surface area contributed by atoms with Crippen LogP contribution in [0, 0.1) is 23.0 Å². The minimum absolute atomic E-state index is 0.157. The molecule has 0 atom stereocenters. The Balaban J connectivity index is 2.24. The van der Waals surface area contributed by atoms with Gasteiger partial charge in [0, 0.05) is 17.4 Å². The minimum atomic E-state index is -1.15. The molecule has 2 aromatic rings. The lowest BCUT2D eigenvalue weighted by Crippen LogP contribution is -2.14. The number of carbonyl (C=O) groups excluding carboxylic acids is 1. The van der Waals surface area contributed by atoms with Crippen LogP contribution >= 0.6 is 0 Å². The van der Waals surface area contributed by atoms with Gasteiger partial charge in [-0.3, -0.25) is 4.79 Å². The first-order valence-corrected chi connectivity index (χ1v) is 5.57. The molecule has 1 amide bonds. The van der Waals surface area contributed by atoms with Crippen molar-refractivity contribution >= 4 is 17.3 Å². The van der Waals surface area contributed by atoms with E-state index in [1.165, 1.54) is 24.3 Å². The summed E-state index contributed by atoms with van der Waals surface area (Å²) >= 11 is 0. The lowest BCUT2D eigenvalue weighted by Gasteiger charge is -2.08. The van der Waals surface area contributed by atoms with Gasteiger partial charge in [0.15, 0.2) is 11.6 Å². The second-order valence-corrected chi connectivity index (χ2v) is 4.00. The first-order chi connectivity index (χ1) is 9.51. The maximum absolute atomic E-state index is 13.1. The first kappa shape index (κ1) is 13.5. The van der Waals surface area contributed by atoms with E-state index in [-0.39, 0.29) is 11.3 Å². The number of nitrogens with one attached hydrogen (secondary N) is 1. The standard InChI is InChI=1S/C14H9F2N3O/c15-11-5-10(13(18)6-12(11)16)14(20)19-9-3-1-8(7-17)2-4-9/h1-6H,18H2,(H,19,20). The summed E-state index contributed by atoms with van der Waals surface area (Å²) < 4.78 is 26.0. The van der Waals surface area contributed by atoms with Crippen molar-refractivity contribution in [3.05, 3.63) is 59.2 Å². The number of carbonyl (C=O) groups is 1. The normalized spacial score (nSPS) is 9.85. The van der Waals surface area contributed by atoms with Crippen molar-refractivity contribution in [1.29, 1.82) is 5.26 Å². The van der Waals surface area contributed by atoms with E-state index in [0.29, 0.717) is 11.3 Å². The van der Waals surface area contributed by atoms with Crippen molar-refractivity contribution in [3.8, 4) is 6.07 Å². The predicted octanol–water partition coefficient (Wildman–Crippen LogP) is 2.67. The maximum atomic E-state index is 13.1. The molecule has 0 aliphatic heterocycles. The average Bonchev–Trinajstić information content (AvgIpc) is 2.43. The van der Waals surface area contributed by atoms with Gasteiger partial charge in [0.1, 0.15) is 0 Å². The van der Waals surface area contributed by atoms with Crippen LogP contribution in [0.2, 0.25) is 0 Å². The van der Waals surface area contributed by atoms with Gasteiger partial charge in [0.25, 0.3) is 5.91 Å². The predicted molar refractivity (Wildman–Crippen MR) is 69.9 cm³/mol. The molecular formula is C14H9F2N3O. The van der Waals surface area contributed by atoms with Crippen molar-refractivity contribution in [2.24, 2.45) is 0 Å². The Morgan fingerprint density at radius 1 is 1.15 bits per heavy atom. The third-order valence-electron chi connectivity index (χ3n) is 2.61. The number of nitrogens with two attached hydrogens (primary N) is 1. The van der Waals surface area contributed by atoms with Crippen molar-refractivity contribution < 1.29 is 13.6 Å². The molecule has 2 rings (SSSR count). The van der Waals surface area contributed by atoms with E-state index in [1.807, 2.05) is 6.07 Å². The van der Waals surface area contributed by atoms with Gasteiger partial charge in [-0.1, -0.05) is 0 Å². The minimum Gasteiger partial charge on any atom is -0.398 e. The molecule has 0 saturated heterocycles. The highest BCUT2D eigenvalue weighted by Crippen LogP contribution is 2.19. The molecule has 100 valence electrons. The monoisotopic (exact) mass is 273 g/mol. The quantitative estimate of drug-likeness (QED) is 0.825. The van der Waals surface area contributed by atoms with E-state index < -0.39 is 17.5 Å². The molecule has 0 aliphatic carbocycles. The third kappa shape index (κ3) is 2.72. The second-order valence-electron chi connectivity index (χ2n) is 4.00. The van der Waals surface area contributed by atoms with Crippen LogP contribution < -0.4 is 11.1 Å². The van der Waals surface area contributed by atoms with Gasteiger partial charge >= 0.3 is 0 Å². The summed E-state index contributed by atoms with van der Waals surface area (Å²) in [6.07, 6.45) is 0. The smallest absolute Gasteiger partial charge is 0.257 e. The number of hydrogen-bond donors (Lipinski definition) is 2. The van der Waals surface area contributed by atoms with Gasteiger partial charge in [0.05, 0.1) is 17.2 Å². The molecule has 0 bridgehead atoms. The fourth-order valence-corrected chi connectivity index (χ4v) is 1.59. The Morgan fingerprint density at radius 3 is 2.35 bits per heavy atom. The van der Waals surface area contributed by atoms with Gasteiger partial charge in [-0.05, 0) is 30.3 Å². The number of halogens is 2. The van der Waals surface area contributed by atoms with Crippen LogP contribution in [0.3, 0.4) is 0 Å². The average molecular weight is 273 g/mol. The van der Waals surface area contributed by atoms with Gasteiger partial charge in [0.2, 0.25) is 0 Å². The van der Waals surface area contributed by atoms with E-state index in [0.717, 1.165) is 12.1 Å². The second kappa shape index (κ2) is 5.36. The molecule has 0 radical (unpaired) electrons. The molecular weight excluding hydrogens is 264 g/mol. The molecule has 0 spiro atoms. The Morgan fingerprint density at radius 2 is 1.75 bits per heavy atom. The van der Waals surface area contributed by atoms with E-state index >= 15 is 0 Å². The molecule has 0 fully saturated rings. The Labute approximate surface area is 113 Å². The van der Waals surface area contributed by atoms with Crippen LogP contribution in [0.15, 0.2) is 36.4 Å². The molecule has 20 heavy (non-hydrogen) atoms. The Kier molecular flexibility index (Phi) is 3.62. The highest BCUT2D eigenvalue weighted by molar-refractivity contribution is 6.07. The van der Waals surface area contributed by atoms with E-state index in [1.54, 1.807) is 0 Å². The molecule has 0 saturated carbocycles. The molecule has 2 aromatic carbocycles. The van der Waals surface area contributed by atoms with Crippen molar-refractivity contribution in [2.45, 2.75) is 0 Å². The van der Waals surface area contributed by atoms with Crippen LogP contribution in [-0.4, -0.2) is 5.91 Å². The Bertz CT molecular complexity index is 706. The molecule has 6 heteroatoms. The van der Waals surface area contributed by atoms with Gasteiger partial charge < -0.3 is 11.1 Å². The third-order valence-corrected chi connectivity index (χ3v) is 2.61. The van der Waals surface area contributed by atoms with Crippen LogP contribution in [-0.2, 0) is 0 Å². The number of rotatable bonds is 2. The zero-order chi connectivity index (χ0) is 14.7. The van der Waals surface area contributed by atoms with Gasteiger partial charge in [-0.2, -0.15) is 5.26 Å². The zero-order valence-corrected chi connectivity index (χ0v) is 10.2. The summed E-state index contributed by atoms with van der Waals surface area (Å²) in [6, 6.07) is 9.51. The van der Waals surface area contributed by atoms with E-state index in [2.05, 4.69) is 5.32 Å². The largest absolute Gasteiger partial charge is 0.398 e. The summed E-state index contributed by atoms with van der Waals surface area (Å²) in [5.74, 6) is -2.92. The fraction of sp³-hybridized carbons (Fsp3) is 0. The number of nitrogens with zero attached hydrogens (tertiary/aromatic N) is 1. The molecule has 0 aliphatic rings. The molecule has 4 nitrogen and oxygen atoms in total. The fourth-order valence-electron chi connectivity index (χ4n) is 1.59. The SMILES string of the molecule is N#Cc1ccc(NC(=O)c2cc(F)c(F)cc2N)cc1. The van der Waals surface area contributed by atoms with Crippen LogP contribution in [0.5, 0.6) is 0 Å². The van der Waals surface area contributed by atoms with Gasteiger partial charge in [-0.15, -0.1) is 0 Å². The summed E-state index contributed by atoms with van der Waals surface area (Å²) in [6.45, 7) is 0. The lowest BCUT2D eigenvalue weighted by molar-refractivity contribution is 0.102. The van der Waals surface area contributed by atoms with Crippen molar-refractivity contribution in [2.75, 3.05) is 11.1 Å². The first-order valence-electron chi connectivity index (χ1n) is 5.57. The molecule has 0 heterocycles. The van der Waals surface area contributed by atoms with Crippen molar-refractivity contribution in [1.82, 2.24) is 0 Å². The van der Waals surface area contributed by atoms with Gasteiger partial charge in [-0.25, -0.2) is 8.78 Å². The zero-order valence-electron chi connectivity index (χ0n) is 10.2. The number of amides is 1. The van der Waals surface area contributed by atoms with Crippen LogP contribution in [0.1, 0.15) is 15.9 Å². The highest BCUT2D eigenvalue weighted by atomic mass is 19.2. The number of nitrogen functional groups attached to an aromatic ring is 1. The number of nitriles is 1. The molecule has 0 unspecified atom stereocenters. The van der Waals surface area contributed by atoms with Crippen LogP contribution in [0.25, 0.3) is 0 Å². The lowest BCUT2D eigenvalue weighted by atomic mass is 10.1. The summed E-state index contributed by atoms with van der Waals surface area (Å²) in [5.41, 5.74) is 6.02. The van der Waals surface area contributed by atoms with E-state index in [9.17, 15) is 13.6 Å². The topological polar surface area (TPSA) is 78.9 Å². The highest BCUT2D eigenvalue weighted by Gasteiger charge is 2.14. The number of benzene rings is 2. The summed E-state index contributed by atoms with van der Waals surface area (Å²) in [5, 5.41) is 11.1. The number of hydrogen-bond acceptors (Lipinski definition) is 3. The van der Waals surface area contributed by atoms with Crippen molar-refractivity contribution in [3.63, 3.8) is 0 Å². The maximum Gasteiger partial charge on any atom is 0.257 e. The number of anilines is 2.